The van der Waals surface area contributed by atoms with Gasteiger partial charge in [-0.25, -0.2) is 4.79 Å². The van der Waals surface area contributed by atoms with Gasteiger partial charge in [-0.1, -0.05) is 6.42 Å². The first-order chi connectivity index (χ1) is 8.13. The SMILES string of the molecule is CCN1CCC(OC(=O)C2CCC2)N(C)C1=O. The highest BCUT2D eigenvalue weighted by Gasteiger charge is 2.35. The molecule has 1 unspecified atom stereocenters. The second-order valence-electron chi connectivity index (χ2n) is 4.78. The second kappa shape index (κ2) is 4.94. The third-order valence-corrected chi connectivity index (χ3v) is 3.72. The molecule has 17 heavy (non-hydrogen) atoms. The first kappa shape index (κ1) is 12.2. The maximum atomic E-state index is 11.9. The molecular weight excluding hydrogens is 220 g/mol. The Morgan fingerprint density at radius 1 is 1.41 bits per heavy atom. The van der Waals surface area contributed by atoms with Crippen LogP contribution in [0.5, 0.6) is 0 Å². The van der Waals surface area contributed by atoms with E-state index in [1.165, 1.54) is 4.90 Å². The van der Waals surface area contributed by atoms with Crippen molar-refractivity contribution in [1.29, 1.82) is 0 Å². The number of amides is 2. The Bertz CT molecular complexity index is 315. The molecule has 5 heteroatoms. The van der Waals surface area contributed by atoms with Crippen LogP contribution in [0.25, 0.3) is 0 Å². The molecule has 2 amide bonds. The number of ether oxygens (including phenoxy) is 1. The molecule has 2 rings (SSSR count). The van der Waals surface area contributed by atoms with Gasteiger partial charge in [0, 0.05) is 26.6 Å². The first-order valence-corrected chi connectivity index (χ1v) is 6.35. The van der Waals surface area contributed by atoms with Crippen molar-refractivity contribution in [3.05, 3.63) is 0 Å². The van der Waals surface area contributed by atoms with Gasteiger partial charge in [0.15, 0.2) is 6.23 Å². The van der Waals surface area contributed by atoms with Crippen molar-refractivity contribution in [2.45, 2.75) is 38.8 Å². The number of hydrogen-bond acceptors (Lipinski definition) is 3. The van der Waals surface area contributed by atoms with E-state index >= 15 is 0 Å². The van der Waals surface area contributed by atoms with E-state index in [-0.39, 0.29) is 24.1 Å². The average molecular weight is 240 g/mol. The lowest BCUT2D eigenvalue weighted by molar-refractivity contribution is -0.166. The molecule has 0 radical (unpaired) electrons. The van der Waals surface area contributed by atoms with Crippen molar-refractivity contribution in [3.8, 4) is 0 Å². The highest BCUT2D eigenvalue weighted by atomic mass is 16.6. The monoisotopic (exact) mass is 240 g/mol. The zero-order chi connectivity index (χ0) is 12.4. The van der Waals surface area contributed by atoms with E-state index in [9.17, 15) is 9.59 Å². The van der Waals surface area contributed by atoms with Crippen LogP contribution in [0.4, 0.5) is 4.79 Å². The topological polar surface area (TPSA) is 49.9 Å². The van der Waals surface area contributed by atoms with Crippen LogP contribution < -0.4 is 0 Å². The largest absolute Gasteiger partial charge is 0.441 e. The number of urea groups is 1. The molecule has 96 valence electrons. The molecular formula is C12H20N2O3. The Kier molecular flexibility index (Phi) is 3.54. The Morgan fingerprint density at radius 3 is 2.65 bits per heavy atom. The van der Waals surface area contributed by atoms with Crippen molar-refractivity contribution < 1.29 is 14.3 Å². The molecule has 0 aromatic carbocycles. The molecule has 1 saturated heterocycles. The lowest BCUT2D eigenvalue weighted by Gasteiger charge is -2.39. The number of esters is 1. The summed E-state index contributed by atoms with van der Waals surface area (Å²) in [5.41, 5.74) is 0. The Labute approximate surface area is 102 Å². The zero-order valence-electron chi connectivity index (χ0n) is 10.5. The third kappa shape index (κ3) is 2.37. The Balaban J connectivity index is 1.89. The van der Waals surface area contributed by atoms with Crippen molar-refractivity contribution in [3.63, 3.8) is 0 Å². The molecule has 0 aromatic heterocycles. The fourth-order valence-corrected chi connectivity index (χ4v) is 2.21. The van der Waals surface area contributed by atoms with E-state index in [2.05, 4.69) is 0 Å². The smallest absolute Gasteiger partial charge is 0.322 e. The van der Waals surface area contributed by atoms with Crippen molar-refractivity contribution in [1.82, 2.24) is 9.80 Å². The van der Waals surface area contributed by atoms with Gasteiger partial charge in [0.2, 0.25) is 0 Å². The van der Waals surface area contributed by atoms with Crippen molar-refractivity contribution in [2.75, 3.05) is 20.1 Å². The summed E-state index contributed by atoms with van der Waals surface area (Å²) in [6.07, 6.45) is 3.31. The van der Waals surface area contributed by atoms with Crippen LogP contribution in [-0.2, 0) is 9.53 Å². The van der Waals surface area contributed by atoms with E-state index < -0.39 is 0 Å². The number of nitrogens with zero attached hydrogens (tertiary/aromatic N) is 2. The summed E-state index contributed by atoms with van der Waals surface area (Å²) >= 11 is 0. The fourth-order valence-electron chi connectivity index (χ4n) is 2.21. The van der Waals surface area contributed by atoms with Crippen LogP contribution in [0.1, 0.15) is 32.6 Å². The van der Waals surface area contributed by atoms with Gasteiger partial charge in [-0.15, -0.1) is 0 Å². The second-order valence-corrected chi connectivity index (χ2v) is 4.78. The predicted octanol–water partition coefficient (Wildman–Crippen LogP) is 1.43. The molecule has 1 atom stereocenters. The molecule has 1 aliphatic heterocycles. The average Bonchev–Trinajstić information content (AvgIpc) is 2.23. The van der Waals surface area contributed by atoms with E-state index in [4.69, 9.17) is 4.74 Å². The van der Waals surface area contributed by atoms with Gasteiger partial charge in [-0.05, 0) is 19.8 Å². The van der Waals surface area contributed by atoms with Gasteiger partial charge in [0.1, 0.15) is 0 Å². The minimum Gasteiger partial charge on any atom is -0.441 e. The Hall–Kier alpha value is -1.26. The summed E-state index contributed by atoms with van der Waals surface area (Å²) in [6, 6.07) is -0.0508. The van der Waals surface area contributed by atoms with Crippen LogP contribution in [-0.4, -0.2) is 48.2 Å². The molecule has 5 nitrogen and oxygen atoms in total. The molecule has 0 bridgehead atoms. The molecule has 1 heterocycles. The zero-order valence-corrected chi connectivity index (χ0v) is 10.5. The van der Waals surface area contributed by atoms with Gasteiger partial charge in [0.05, 0.1) is 5.92 Å². The summed E-state index contributed by atoms with van der Waals surface area (Å²) in [6.45, 7) is 3.32. The van der Waals surface area contributed by atoms with Gasteiger partial charge >= 0.3 is 12.0 Å². The lowest BCUT2D eigenvalue weighted by atomic mass is 9.86. The summed E-state index contributed by atoms with van der Waals surface area (Å²) in [7, 11) is 1.70. The van der Waals surface area contributed by atoms with Gasteiger partial charge in [-0.3, -0.25) is 9.69 Å². The summed E-state index contributed by atoms with van der Waals surface area (Å²) < 4.78 is 5.41. The van der Waals surface area contributed by atoms with Gasteiger partial charge < -0.3 is 9.64 Å². The summed E-state index contributed by atoms with van der Waals surface area (Å²) in [5, 5.41) is 0. The lowest BCUT2D eigenvalue weighted by Crippen LogP contribution is -2.54. The summed E-state index contributed by atoms with van der Waals surface area (Å²) in [4.78, 5) is 26.9. The highest BCUT2D eigenvalue weighted by Crippen LogP contribution is 2.28. The third-order valence-electron chi connectivity index (χ3n) is 3.72. The molecule has 1 saturated carbocycles. The van der Waals surface area contributed by atoms with E-state index in [1.807, 2.05) is 6.92 Å². The van der Waals surface area contributed by atoms with Crippen LogP contribution in [0.15, 0.2) is 0 Å². The minimum absolute atomic E-state index is 0.0508. The minimum atomic E-state index is -0.376. The van der Waals surface area contributed by atoms with Crippen LogP contribution in [0.2, 0.25) is 0 Å². The first-order valence-electron chi connectivity index (χ1n) is 6.35. The van der Waals surface area contributed by atoms with E-state index in [0.29, 0.717) is 19.5 Å². The van der Waals surface area contributed by atoms with Crippen LogP contribution in [0.3, 0.4) is 0 Å². The molecule has 1 aliphatic carbocycles. The van der Waals surface area contributed by atoms with E-state index in [0.717, 1.165) is 19.3 Å². The number of hydrogen-bond donors (Lipinski definition) is 0. The molecule has 2 fully saturated rings. The highest BCUT2D eigenvalue weighted by molar-refractivity contribution is 5.77. The maximum absolute atomic E-state index is 11.9. The maximum Gasteiger partial charge on any atom is 0.322 e. The molecule has 2 aliphatic rings. The van der Waals surface area contributed by atoms with Crippen LogP contribution in [0, 0.1) is 5.92 Å². The number of rotatable bonds is 3. The Morgan fingerprint density at radius 2 is 2.12 bits per heavy atom. The molecule has 0 N–H and O–H groups in total. The fraction of sp³-hybridized carbons (Fsp3) is 0.833. The predicted molar refractivity (Wildman–Crippen MR) is 62.2 cm³/mol. The molecule has 0 aromatic rings. The molecule has 0 spiro atoms. The summed E-state index contributed by atoms with van der Waals surface area (Å²) in [5.74, 6) is -0.0615. The quantitative estimate of drug-likeness (QED) is 0.701. The van der Waals surface area contributed by atoms with Gasteiger partial charge in [0.25, 0.3) is 0 Å². The standard InChI is InChI=1S/C12H20N2O3/c1-3-14-8-7-10(13(2)12(14)16)17-11(15)9-5-4-6-9/h9-10H,3-8H2,1-2H3. The van der Waals surface area contributed by atoms with Crippen molar-refractivity contribution in [2.24, 2.45) is 5.92 Å². The van der Waals surface area contributed by atoms with Crippen LogP contribution >= 0.6 is 0 Å². The van der Waals surface area contributed by atoms with Crippen molar-refractivity contribution >= 4 is 12.0 Å². The normalized spacial score (nSPS) is 25.8. The number of carbonyl (C=O) groups is 2. The van der Waals surface area contributed by atoms with Gasteiger partial charge in [-0.2, -0.15) is 0 Å². The van der Waals surface area contributed by atoms with E-state index in [1.54, 1.807) is 11.9 Å². The number of carbonyl (C=O) groups excluding carboxylic acids is 2.